The zero-order chi connectivity index (χ0) is 13.1. The average molecular weight is 305 g/mol. The van der Waals surface area contributed by atoms with Gasteiger partial charge < -0.3 is 5.11 Å². The predicted octanol–water partition coefficient (Wildman–Crippen LogP) is 4.34. The number of benzene rings is 2. The van der Waals surface area contributed by atoms with Crippen molar-refractivity contribution in [2.75, 3.05) is 0 Å². The molecule has 0 aliphatic carbocycles. The summed E-state index contributed by atoms with van der Waals surface area (Å²) in [5.41, 5.74) is 4.50. The Hall–Kier alpha value is -1.12. The molecule has 0 aliphatic rings. The van der Waals surface area contributed by atoms with Crippen molar-refractivity contribution >= 4 is 15.9 Å². The summed E-state index contributed by atoms with van der Waals surface area (Å²) in [6, 6.07) is 14.3. The SMILES string of the molecule is Cc1ccc(CC(O)c2cccc(Br)c2C)cc1. The lowest BCUT2D eigenvalue weighted by molar-refractivity contribution is 0.177. The fourth-order valence-electron chi connectivity index (χ4n) is 2.04. The highest BCUT2D eigenvalue weighted by Gasteiger charge is 2.12. The predicted molar refractivity (Wildman–Crippen MR) is 78.7 cm³/mol. The summed E-state index contributed by atoms with van der Waals surface area (Å²) in [7, 11) is 0. The number of hydrogen-bond donors (Lipinski definition) is 1. The third-order valence-electron chi connectivity index (χ3n) is 3.22. The summed E-state index contributed by atoms with van der Waals surface area (Å²) in [4.78, 5) is 0. The van der Waals surface area contributed by atoms with E-state index in [1.165, 1.54) is 5.56 Å². The molecule has 2 aromatic carbocycles. The second-order valence-electron chi connectivity index (χ2n) is 4.66. The second-order valence-corrected chi connectivity index (χ2v) is 5.51. The van der Waals surface area contributed by atoms with E-state index in [1.807, 2.05) is 25.1 Å². The first-order chi connectivity index (χ1) is 8.58. The summed E-state index contributed by atoms with van der Waals surface area (Å²) < 4.78 is 1.04. The maximum atomic E-state index is 10.3. The zero-order valence-corrected chi connectivity index (χ0v) is 12.2. The highest BCUT2D eigenvalue weighted by Crippen LogP contribution is 2.26. The number of halogens is 1. The van der Waals surface area contributed by atoms with E-state index in [-0.39, 0.29) is 0 Å². The topological polar surface area (TPSA) is 20.2 Å². The van der Waals surface area contributed by atoms with E-state index in [0.717, 1.165) is 21.2 Å². The lowest BCUT2D eigenvalue weighted by Crippen LogP contribution is -2.04. The number of aliphatic hydroxyl groups is 1. The normalized spacial score (nSPS) is 12.4. The Morgan fingerprint density at radius 1 is 1.06 bits per heavy atom. The largest absolute Gasteiger partial charge is 0.388 e. The van der Waals surface area contributed by atoms with E-state index in [4.69, 9.17) is 0 Å². The fourth-order valence-corrected chi connectivity index (χ4v) is 2.42. The molecule has 2 aromatic rings. The van der Waals surface area contributed by atoms with Crippen molar-refractivity contribution in [3.05, 3.63) is 69.2 Å². The van der Waals surface area contributed by atoms with Crippen LogP contribution in [0.2, 0.25) is 0 Å². The number of rotatable bonds is 3. The lowest BCUT2D eigenvalue weighted by atomic mass is 9.97. The van der Waals surface area contributed by atoms with Crippen molar-refractivity contribution in [3.8, 4) is 0 Å². The van der Waals surface area contributed by atoms with Gasteiger partial charge in [-0.3, -0.25) is 0 Å². The summed E-state index contributed by atoms with van der Waals surface area (Å²) in [6.45, 7) is 4.09. The molecule has 0 aromatic heterocycles. The van der Waals surface area contributed by atoms with E-state index < -0.39 is 6.10 Å². The molecule has 2 heteroatoms. The molecule has 0 amide bonds. The molecular weight excluding hydrogens is 288 g/mol. The minimum atomic E-state index is -0.454. The van der Waals surface area contributed by atoms with Crippen LogP contribution in [0.25, 0.3) is 0 Å². The third-order valence-corrected chi connectivity index (χ3v) is 4.08. The minimum Gasteiger partial charge on any atom is -0.388 e. The molecule has 0 heterocycles. The average Bonchev–Trinajstić information content (AvgIpc) is 2.35. The highest BCUT2D eigenvalue weighted by atomic mass is 79.9. The summed E-state index contributed by atoms with van der Waals surface area (Å²) >= 11 is 3.50. The smallest absolute Gasteiger partial charge is 0.0833 e. The van der Waals surface area contributed by atoms with Crippen LogP contribution in [0.15, 0.2) is 46.9 Å². The quantitative estimate of drug-likeness (QED) is 0.894. The van der Waals surface area contributed by atoms with Crippen molar-refractivity contribution in [2.24, 2.45) is 0 Å². The molecule has 1 nitrogen and oxygen atoms in total. The summed E-state index contributed by atoms with van der Waals surface area (Å²) in [5, 5.41) is 10.3. The minimum absolute atomic E-state index is 0.454. The maximum absolute atomic E-state index is 10.3. The van der Waals surface area contributed by atoms with Gasteiger partial charge in [-0.1, -0.05) is 57.9 Å². The Balaban J connectivity index is 2.19. The number of hydrogen-bond acceptors (Lipinski definition) is 1. The molecule has 94 valence electrons. The first kappa shape index (κ1) is 13.3. The van der Waals surface area contributed by atoms with Gasteiger partial charge in [0.25, 0.3) is 0 Å². The van der Waals surface area contributed by atoms with E-state index in [1.54, 1.807) is 0 Å². The molecule has 1 N–H and O–H groups in total. The van der Waals surface area contributed by atoms with E-state index in [2.05, 4.69) is 47.1 Å². The molecule has 0 saturated carbocycles. The van der Waals surface area contributed by atoms with Gasteiger partial charge in [0.2, 0.25) is 0 Å². The van der Waals surface area contributed by atoms with E-state index in [0.29, 0.717) is 6.42 Å². The van der Waals surface area contributed by atoms with Gasteiger partial charge in [0, 0.05) is 10.9 Å². The molecule has 0 bridgehead atoms. The second kappa shape index (κ2) is 5.68. The van der Waals surface area contributed by atoms with Crippen molar-refractivity contribution in [2.45, 2.75) is 26.4 Å². The van der Waals surface area contributed by atoms with Crippen LogP contribution < -0.4 is 0 Å². The molecule has 1 atom stereocenters. The van der Waals surface area contributed by atoms with Crippen LogP contribution in [0.5, 0.6) is 0 Å². The van der Waals surface area contributed by atoms with Gasteiger partial charge in [-0.25, -0.2) is 0 Å². The molecule has 0 fully saturated rings. The van der Waals surface area contributed by atoms with Crippen molar-refractivity contribution in [1.82, 2.24) is 0 Å². The molecule has 0 spiro atoms. The van der Waals surface area contributed by atoms with Crippen molar-refractivity contribution in [3.63, 3.8) is 0 Å². The van der Waals surface area contributed by atoms with Gasteiger partial charge in [-0.05, 0) is 36.6 Å². The monoisotopic (exact) mass is 304 g/mol. The van der Waals surface area contributed by atoms with Crippen LogP contribution in [-0.4, -0.2) is 5.11 Å². The number of aliphatic hydroxyl groups excluding tert-OH is 1. The Bertz CT molecular complexity index is 531. The molecular formula is C16H17BrO. The first-order valence-electron chi connectivity index (χ1n) is 6.06. The van der Waals surface area contributed by atoms with Crippen LogP contribution in [0, 0.1) is 13.8 Å². The fraction of sp³-hybridized carbons (Fsp3) is 0.250. The van der Waals surface area contributed by atoms with Gasteiger partial charge in [-0.15, -0.1) is 0 Å². The van der Waals surface area contributed by atoms with Gasteiger partial charge in [0.15, 0.2) is 0 Å². The van der Waals surface area contributed by atoms with Crippen molar-refractivity contribution < 1.29 is 5.11 Å². The van der Waals surface area contributed by atoms with Crippen LogP contribution in [0.3, 0.4) is 0 Å². The molecule has 0 saturated heterocycles. The first-order valence-corrected chi connectivity index (χ1v) is 6.86. The van der Waals surface area contributed by atoms with E-state index in [9.17, 15) is 5.11 Å². The zero-order valence-electron chi connectivity index (χ0n) is 10.7. The van der Waals surface area contributed by atoms with Crippen LogP contribution >= 0.6 is 15.9 Å². The summed E-state index contributed by atoms with van der Waals surface area (Å²) in [6.07, 6.45) is 0.197. The molecule has 2 rings (SSSR count). The maximum Gasteiger partial charge on any atom is 0.0833 e. The van der Waals surface area contributed by atoms with Gasteiger partial charge in [-0.2, -0.15) is 0 Å². The van der Waals surface area contributed by atoms with Crippen LogP contribution in [0.1, 0.15) is 28.4 Å². The molecule has 0 aliphatic heterocycles. The van der Waals surface area contributed by atoms with Crippen LogP contribution in [0.4, 0.5) is 0 Å². The molecule has 18 heavy (non-hydrogen) atoms. The van der Waals surface area contributed by atoms with Gasteiger partial charge in [0.05, 0.1) is 6.10 Å². The Morgan fingerprint density at radius 3 is 2.39 bits per heavy atom. The Morgan fingerprint density at radius 2 is 1.72 bits per heavy atom. The van der Waals surface area contributed by atoms with Crippen LogP contribution in [-0.2, 0) is 6.42 Å². The molecule has 1 unspecified atom stereocenters. The standard InChI is InChI=1S/C16H17BrO/c1-11-6-8-13(9-7-11)10-16(18)14-4-3-5-15(17)12(14)2/h3-9,16,18H,10H2,1-2H3. The van der Waals surface area contributed by atoms with Crippen molar-refractivity contribution in [1.29, 1.82) is 0 Å². The number of aryl methyl sites for hydroxylation is 1. The van der Waals surface area contributed by atoms with Gasteiger partial charge >= 0.3 is 0 Å². The summed E-state index contributed by atoms with van der Waals surface area (Å²) in [5.74, 6) is 0. The Kier molecular flexibility index (Phi) is 4.20. The lowest BCUT2D eigenvalue weighted by Gasteiger charge is -2.15. The third kappa shape index (κ3) is 3.01. The molecule has 0 radical (unpaired) electrons. The van der Waals surface area contributed by atoms with Gasteiger partial charge in [0.1, 0.15) is 0 Å². The Labute approximate surface area is 117 Å². The van der Waals surface area contributed by atoms with E-state index >= 15 is 0 Å². The highest BCUT2D eigenvalue weighted by molar-refractivity contribution is 9.10.